The van der Waals surface area contributed by atoms with Crippen molar-refractivity contribution in [3.8, 4) is 0 Å². The fourth-order valence-electron chi connectivity index (χ4n) is 1.72. The highest BCUT2D eigenvalue weighted by Crippen LogP contribution is 2.28. The van der Waals surface area contributed by atoms with Gasteiger partial charge in [0.25, 0.3) is 0 Å². The average molecular weight is 236 g/mol. The summed E-state index contributed by atoms with van der Waals surface area (Å²) < 4.78 is 1.76. The average Bonchev–Trinajstić information content (AvgIpc) is 2.83. The molecule has 0 fully saturated rings. The van der Waals surface area contributed by atoms with Crippen LogP contribution in [0, 0.1) is 6.92 Å². The molecule has 0 aliphatic carbocycles. The molecule has 2 aromatic heterocycles. The zero-order valence-corrected chi connectivity index (χ0v) is 10.6. The highest BCUT2D eigenvalue weighted by molar-refractivity contribution is 7.12. The number of aliphatic hydroxyl groups is 1. The molecule has 1 atom stereocenters. The quantitative estimate of drug-likeness (QED) is 0.889. The molecule has 0 saturated carbocycles. The Balaban J connectivity index is 2.33. The number of hydrogen-bond acceptors (Lipinski definition) is 3. The summed E-state index contributed by atoms with van der Waals surface area (Å²) in [6.07, 6.45) is 0.334. The first-order valence-corrected chi connectivity index (χ1v) is 6.20. The van der Waals surface area contributed by atoms with Gasteiger partial charge >= 0.3 is 0 Å². The van der Waals surface area contributed by atoms with Gasteiger partial charge in [-0.1, -0.05) is 6.92 Å². The number of aryl methyl sites for hydroxylation is 3. The van der Waals surface area contributed by atoms with Crippen molar-refractivity contribution < 1.29 is 5.11 Å². The Hall–Kier alpha value is -1.13. The Bertz CT molecular complexity index is 487. The van der Waals surface area contributed by atoms with E-state index in [1.807, 2.05) is 32.2 Å². The van der Waals surface area contributed by atoms with Crippen LogP contribution in [0.2, 0.25) is 0 Å². The first kappa shape index (κ1) is 11.4. The molecule has 0 aliphatic rings. The monoisotopic (exact) mass is 236 g/mol. The lowest BCUT2D eigenvalue weighted by Crippen LogP contribution is -2.04. The maximum absolute atomic E-state index is 10.2. The Morgan fingerprint density at radius 1 is 1.50 bits per heavy atom. The Kier molecular flexibility index (Phi) is 3.12. The van der Waals surface area contributed by atoms with Crippen LogP contribution in [0.15, 0.2) is 18.2 Å². The normalized spacial score (nSPS) is 13.0. The van der Waals surface area contributed by atoms with E-state index < -0.39 is 6.10 Å². The zero-order valence-electron chi connectivity index (χ0n) is 9.77. The van der Waals surface area contributed by atoms with E-state index in [4.69, 9.17) is 0 Å². The summed E-state index contributed by atoms with van der Waals surface area (Å²) in [6.45, 7) is 4.11. The summed E-state index contributed by atoms with van der Waals surface area (Å²) in [5.74, 6) is 0. The summed E-state index contributed by atoms with van der Waals surface area (Å²) >= 11 is 1.63. The fraction of sp³-hybridized carbons (Fsp3) is 0.417. The molecule has 0 bridgehead atoms. The molecule has 2 heterocycles. The number of thiophene rings is 1. The van der Waals surface area contributed by atoms with Crippen LogP contribution in [-0.4, -0.2) is 14.9 Å². The van der Waals surface area contributed by atoms with E-state index >= 15 is 0 Å². The molecule has 86 valence electrons. The third kappa shape index (κ3) is 2.03. The van der Waals surface area contributed by atoms with E-state index in [2.05, 4.69) is 12.0 Å². The Morgan fingerprint density at radius 3 is 2.75 bits per heavy atom. The number of aromatic nitrogens is 2. The van der Waals surface area contributed by atoms with Crippen LogP contribution in [0.3, 0.4) is 0 Å². The first-order chi connectivity index (χ1) is 7.61. The van der Waals surface area contributed by atoms with Gasteiger partial charge in [-0.15, -0.1) is 11.3 Å². The van der Waals surface area contributed by atoms with E-state index in [1.165, 1.54) is 4.88 Å². The summed E-state index contributed by atoms with van der Waals surface area (Å²) in [5.41, 5.74) is 1.88. The molecular weight excluding hydrogens is 220 g/mol. The van der Waals surface area contributed by atoms with Crippen molar-refractivity contribution in [1.29, 1.82) is 0 Å². The van der Waals surface area contributed by atoms with E-state index in [9.17, 15) is 5.11 Å². The second-order valence-electron chi connectivity index (χ2n) is 3.89. The van der Waals surface area contributed by atoms with Gasteiger partial charge in [0.2, 0.25) is 0 Å². The maximum atomic E-state index is 10.2. The highest BCUT2D eigenvalue weighted by Gasteiger charge is 2.17. The molecule has 1 unspecified atom stereocenters. The molecule has 3 nitrogen and oxygen atoms in total. The fourth-order valence-corrected chi connectivity index (χ4v) is 2.59. The molecule has 4 heteroatoms. The van der Waals surface area contributed by atoms with Gasteiger partial charge in [-0.25, -0.2) is 0 Å². The van der Waals surface area contributed by atoms with Crippen molar-refractivity contribution in [1.82, 2.24) is 9.78 Å². The molecule has 0 saturated heterocycles. The van der Waals surface area contributed by atoms with E-state index in [0.29, 0.717) is 0 Å². The molecule has 0 aliphatic heterocycles. The largest absolute Gasteiger partial charge is 0.381 e. The summed E-state index contributed by atoms with van der Waals surface area (Å²) in [7, 11) is 1.87. The van der Waals surface area contributed by atoms with Crippen LogP contribution >= 0.6 is 11.3 Å². The van der Waals surface area contributed by atoms with Gasteiger partial charge in [-0.2, -0.15) is 5.10 Å². The molecular formula is C12H16N2OS. The number of hydrogen-bond donors (Lipinski definition) is 1. The predicted molar refractivity (Wildman–Crippen MR) is 65.7 cm³/mol. The predicted octanol–water partition coefficient (Wildman–Crippen LogP) is 2.43. The maximum Gasteiger partial charge on any atom is 0.130 e. The minimum absolute atomic E-state index is 0.559. The lowest BCUT2D eigenvalue weighted by molar-refractivity contribution is 0.213. The summed E-state index contributed by atoms with van der Waals surface area (Å²) in [5, 5.41) is 14.6. The van der Waals surface area contributed by atoms with E-state index in [0.717, 1.165) is 22.7 Å². The number of nitrogens with zero attached hydrogens (tertiary/aromatic N) is 2. The summed E-state index contributed by atoms with van der Waals surface area (Å²) in [4.78, 5) is 2.19. The van der Waals surface area contributed by atoms with Gasteiger partial charge < -0.3 is 5.11 Å². The molecule has 2 aromatic rings. The molecule has 2 rings (SSSR count). The Morgan fingerprint density at radius 2 is 2.25 bits per heavy atom. The second-order valence-corrected chi connectivity index (χ2v) is 5.21. The van der Waals surface area contributed by atoms with Crippen molar-refractivity contribution in [2.24, 2.45) is 7.05 Å². The van der Waals surface area contributed by atoms with Gasteiger partial charge in [-0.05, 0) is 31.5 Å². The minimum atomic E-state index is -0.559. The van der Waals surface area contributed by atoms with Gasteiger partial charge in [-0.3, -0.25) is 4.68 Å². The molecule has 0 amide bonds. The van der Waals surface area contributed by atoms with Crippen LogP contribution in [0.25, 0.3) is 0 Å². The first-order valence-electron chi connectivity index (χ1n) is 5.39. The molecule has 16 heavy (non-hydrogen) atoms. The van der Waals surface area contributed by atoms with Crippen LogP contribution in [-0.2, 0) is 13.5 Å². The molecule has 0 radical (unpaired) electrons. The van der Waals surface area contributed by atoms with Crippen molar-refractivity contribution in [2.45, 2.75) is 26.4 Å². The van der Waals surface area contributed by atoms with E-state index in [1.54, 1.807) is 16.0 Å². The van der Waals surface area contributed by atoms with Gasteiger partial charge in [0.05, 0.1) is 11.4 Å². The third-order valence-corrected chi connectivity index (χ3v) is 3.69. The summed E-state index contributed by atoms with van der Waals surface area (Å²) in [6, 6.07) is 5.98. The van der Waals surface area contributed by atoms with E-state index in [-0.39, 0.29) is 0 Å². The smallest absolute Gasteiger partial charge is 0.130 e. The van der Waals surface area contributed by atoms with Gasteiger partial charge in [0.1, 0.15) is 6.10 Å². The number of aliphatic hydroxyl groups excluding tert-OH is 1. The lowest BCUT2D eigenvalue weighted by atomic mass is 10.2. The SMILES string of the molecule is CCc1cc(C(O)c2ccc(C)s2)n(C)n1. The van der Waals surface area contributed by atoms with Crippen molar-refractivity contribution in [3.05, 3.63) is 39.3 Å². The molecule has 1 N–H and O–H groups in total. The van der Waals surface area contributed by atoms with Crippen molar-refractivity contribution in [2.75, 3.05) is 0 Å². The van der Waals surface area contributed by atoms with Crippen LogP contribution < -0.4 is 0 Å². The number of rotatable bonds is 3. The van der Waals surface area contributed by atoms with Gasteiger partial charge in [0, 0.05) is 16.8 Å². The second kappa shape index (κ2) is 4.39. The Labute approximate surface area is 99.4 Å². The van der Waals surface area contributed by atoms with Crippen LogP contribution in [0.4, 0.5) is 0 Å². The molecule has 0 aromatic carbocycles. The topological polar surface area (TPSA) is 38.0 Å². The van der Waals surface area contributed by atoms with Crippen molar-refractivity contribution in [3.63, 3.8) is 0 Å². The van der Waals surface area contributed by atoms with Gasteiger partial charge in [0.15, 0.2) is 0 Å². The zero-order chi connectivity index (χ0) is 11.7. The van der Waals surface area contributed by atoms with Crippen molar-refractivity contribution >= 4 is 11.3 Å². The molecule has 0 spiro atoms. The lowest BCUT2D eigenvalue weighted by Gasteiger charge is -2.08. The highest BCUT2D eigenvalue weighted by atomic mass is 32.1. The standard InChI is InChI=1S/C12H16N2OS/c1-4-9-7-10(14(3)13-9)12(15)11-6-5-8(2)16-11/h5-7,12,15H,4H2,1-3H3. The third-order valence-electron chi connectivity index (χ3n) is 2.64. The van der Waals surface area contributed by atoms with Crippen LogP contribution in [0.1, 0.15) is 34.2 Å². The van der Waals surface area contributed by atoms with Crippen LogP contribution in [0.5, 0.6) is 0 Å². The minimum Gasteiger partial charge on any atom is -0.381 e.